The van der Waals surface area contributed by atoms with Gasteiger partial charge in [0, 0.05) is 13.6 Å². The van der Waals surface area contributed by atoms with Crippen LogP contribution in [0.25, 0.3) is 0 Å². The molecule has 0 saturated heterocycles. The van der Waals surface area contributed by atoms with E-state index < -0.39 is 0 Å². The SMILES string of the molecule is CCn1cnnc1CN(C)C(=O)c1scc2c1CCCC2. The summed E-state index contributed by atoms with van der Waals surface area (Å²) in [5, 5.41) is 10.2. The molecule has 0 N–H and O–H groups in total. The Morgan fingerprint density at radius 1 is 1.43 bits per heavy atom. The summed E-state index contributed by atoms with van der Waals surface area (Å²) in [5.74, 6) is 0.938. The van der Waals surface area contributed by atoms with Crippen molar-refractivity contribution in [2.45, 2.75) is 45.7 Å². The number of carbonyl (C=O) groups is 1. The van der Waals surface area contributed by atoms with Crippen LogP contribution >= 0.6 is 11.3 Å². The molecule has 0 atom stereocenters. The maximum Gasteiger partial charge on any atom is 0.264 e. The Bertz CT molecular complexity index is 646. The molecule has 1 aliphatic carbocycles. The third kappa shape index (κ3) is 2.72. The second-order valence-electron chi connectivity index (χ2n) is 5.47. The van der Waals surface area contributed by atoms with Crippen LogP contribution in [0.3, 0.4) is 0 Å². The lowest BCUT2D eigenvalue weighted by Crippen LogP contribution is -2.28. The minimum Gasteiger partial charge on any atom is -0.333 e. The topological polar surface area (TPSA) is 51.0 Å². The van der Waals surface area contributed by atoms with Crippen molar-refractivity contribution in [3.8, 4) is 0 Å². The summed E-state index contributed by atoms with van der Waals surface area (Å²) in [7, 11) is 1.84. The molecule has 0 bridgehead atoms. The van der Waals surface area contributed by atoms with Gasteiger partial charge in [0.25, 0.3) is 5.91 Å². The number of carbonyl (C=O) groups excluding carboxylic acids is 1. The lowest BCUT2D eigenvalue weighted by atomic mass is 9.94. The average molecular weight is 304 g/mol. The number of nitrogens with zero attached hydrogens (tertiary/aromatic N) is 4. The Kier molecular flexibility index (Phi) is 4.05. The van der Waals surface area contributed by atoms with Gasteiger partial charge >= 0.3 is 0 Å². The lowest BCUT2D eigenvalue weighted by Gasteiger charge is -2.18. The summed E-state index contributed by atoms with van der Waals surface area (Å²) in [6, 6.07) is 0. The third-order valence-corrected chi connectivity index (χ3v) is 5.12. The van der Waals surface area contributed by atoms with Crippen LogP contribution in [0.5, 0.6) is 0 Å². The van der Waals surface area contributed by atoms with Gasteiger partial charge in [-0.15, -0.1) is 21.5 Å². The zero-order chi connectivity index (χ0) is 14.8. The Labute approximate surface area is 128 Å². The zero-order valence-electron chi connectivity index (χ0n) is 12.5. The molecule has 0 saturated carbocycles. The molecule has 21 heavy (non-hydrogen) atoms. The Balaban J connectivity index is 1.77. The predicted octanol–water partition coefficient (Wildman–Crippen LogP) is 2.51. The Morgan fingerprint density at radius 2 is 2.24 bits per heavy atom. The first kappa shape index (κ1) is 14.3. The molecule has 0 aromatic carbocycles. The van der Waals surface area contributed by atoms with E-state index >= 15 is 0 Å². The van der Waals surface area contributed by atoms with Crippen LogP contribution in [0.1, 0.15) is 46.4 Å². The largest absolute Gasteiger partial charge is 0.333 e. The van der Waals surface area contributed by atoms with Gasteiger partial charge in [0.1, 0.15) is 6.33 Å². The van der Waals surface area contributed by atoms with Gasteiger partial charge in [-0.3, -0.25) is 4.79 Å². The highest BCUT2D eigenvalue weighted by atomic mass is 32.1. The molecule has 1 aliphatic rings. The minimum atomic E-state index is 0.105. The molecule has 0 unspecified atom stereocenters. The minimum absolute atomic E-state index is 0.105. The highest BCUT2D eigenvalue weighted by Crippen LogP contribution is 2.30. The first-order chi connectivity index (χ1) is 10.2. The molecule has 3 rings (SSSR count). The van der Waals surface area contributed by atoms with E-state index in [9.17, 15) is 4.79 Å². The molecule has 0 fully saturated rings. The van der Waals surface area contributed by atoms with Gasteiger partial charge in [-0.25, -0.2) is 0 Å². The van der Waals surface area contributed by atoms with Crippen molar-refractivity contribution in [1.82, 2.24) is 19.7 Å². The van der Waals surface area contributed by atoms with E-state index in [4.69, 9.17) is 0 Å². The van der Waals surface area contributed by atoms with Crippen molar-refractivity contribution in [3.05, 3.63) is 33.5 Å². The maximum absolute atomic E-state index is 12.7. The number of aryl methyl sites for hydroxylation is 2. The van der Waals surface area contributed by atoms with Crippen LogP contribution in [-0.4, -0.2) is 32.6 Å². The van der Waals surface area contributed by atoms with E-state index in [1.807, 2.05) is 18.5 Å². The van der Waals surface area contributed by atoms with Crippen molar-refractivity contribution >= 4 is 17.2 Å². The summed E-state index contributed by atoms with van der Waals surface area (Å²) in [6.45, 7) is 3.36. The van der Waals surface area contributed by atoms with Crippen molar-refractivity contribution in [1.29, 1.82) is 0 Å². The third-order valence-electron chi connectivity index (χ3n) is 4.06. The second kappa shape index (κ2) is 5.97. The van der Waals surface area contributed by atoms with Crippen LogP contribution < -0.4 is 0 Å². The Morgan fingerprint density at radius 3 is 3.05 bits per heavy atom. The van der Waals surface area contributed by atoms with Crippen molar-refractivity contribution in [2.75, 3.05) is 7.05 Å². The standard InChI is InChI=1S/C15H20N4OS/c1-3-19-10-16-17-13(19)8-18(2)15(20)14-12-7-5-4-6-11(12)9-21-14/h9-10H,3-8H2,1-2H3. The highest BCUT2D eigenvalue weighted by Gasteiger charge is 2.23. The van der Waals surface area contributed by atoms with Gasteiger partial charge in [-0.1, -0.05) is 0 Å². The highest BCUT2D eigenvalue weighted by molar-refractivity contribution is 7.12. The van der Waals surface area contributed by atoms with E-state index in [0.29, 0.717) is 6.54 Å². The van der Waals surface area contributed by atoms with Crippen LogP contribution in [0, 0.1) is 0 Å². The Hall–Kier alpha value is -1.69. The van der Waals surface area contributed by atoms with Gasteiger partial charge in [0.2, 0.25) is 0 Å². The lowest BCUT2D eigenvalue weighted by molar-refractivity contribution is 0.0783. The molecule has 5 nitrogen and oxygen atoms in total. The fraction of sp³-hybridized carbons (Fsp3) is 0.533. The first-order valence-corrected chi connectivity index (χ1v) is 8.30. The van der Waals surface area contributed by atoms with E-state index in [0.717, 1.165) is 30.1 Å². The number of rotatable bonds is 4. The smallest absolute Gasteiger partial charge is 0.264 e. The van der Waals surface area contributed by atoms with E-state index in [-0.39, 0.29) is 5.91 Å². The monoisotopic (exact) mass is 304 g/mol. The van der Waals surface area contributed by atoms with Crippen LogP contribution in [0.4, 0.5) is 0 Å². The number of hydrogen-bond donors (Lipinski definition) is 0. The van der Waals surface area contributed by atoms with Gasteiger partial charge in [0.15, 0.2) is 5.82 Å². The summed E-state index contributed by atoms with van der Waals surface area (Å²) in [5.41, 5.74) is 2.65. The molecule has 2 heterocycles. The molecule has 2 aromatic heterocycles. The van der Waals surface area contributed by atoms with E-state index in [1.165, 1.54) is 24.0 Å². The number of aromatic nitrogens is 3. The van der Waals surface area contributed by atoms with Crippen LogP contribution in [0.2, 0.25) is 0 Å². The summed E-state index contributed by atoms with van der Waals surface area (Å²) >= 11 is 1.59. The molecule has 0 aliphatic heterocycles. The summed E-state index contributed by atoms with van der Waals surface area (Å²) in [4.78, 5) is 15.3. The molecule has 0 spiro atoms. The van der Waals surface area contributed by atoms with Gasteiger partial charge in [0.05, 0.1) is 11.4 Å². The molecular formula is C15H20N4OS. The maximum atomic E-state index is 12.7. The van der Waals surface area contributed by atoms with E-state index in [1.54, 1.807) is 22.6 Å². The second-order valence-corrected chi connectivity index (χ2v) is 6.35. The normalized spacial score (nSPS) is 14.0. The number of amides is 1. The van der Waals surface area contributed by atoms with Gasteiger partial charge in [-0.2, -0.15) is 0 Å². The molecule has 112 valence electrons. The number of fused-ring (bicyclic) bond motifs is 1. The van der Waals surface area contributed by atoms with Gasteiger partial charge in [-0.05, 0) is 49.1 Å². The van der Waals surface area contributed by atoms with Crippen LogP contribution in [0.15, 0.2) is 11.7 Å². The summed E-state index contributed by atoms with van der Waals surface area (Å²) < 4.78 is 1.97. The van der Waals surface area contributed by atoms with Gasteiger partial charge < -0.3 is 9.47 Å². The molecule has 6 heteroatoms. The molecule has 1 amide bonds. The quantitative estimate of drug-likeness (QED) is 0.872. The first-order valence-electron chi connectivity index (χ1n) is 7.42. The summed E-state index contributed by atoms with van der Waals surface area (Å²) in [6.07, 6.45) is 6.30. The fourth-order valence-electron chi connectivity index (χ4n) is 2.82. The number of hydrogen-bond acceptors (Lipinski definition) is 4. The van der Waals surface area contributed by atoms with Crippen molar-refractivity contribution in [3.63, 3.8) is 0 Å². The average Bonchev–Trinajstić information content (AvgIpc) is 3.12. The fourth-order valence-corrected chi connectivity index (χ4v) is 3.97. The van der Waals surface area contributed by atoms with Crippen LogP contribution in [-0.2, 0) is 25.9 Å². The molecule has 2 aromatic rings. The molecule has 0 radical (unpaired) electrons. The predicted molar refractivity (Wildman–Crippen MR) is 82.5 cm³/mol. The van der Waals surface area contributed by atoms with Crippen molar-refractivity contribution in [2.24, 2.45) is 0 Å². The van der Waals surface area contributed by atoms with Crippen molar-refractivity contribution < 1.29 is 4.79 Å². The van der Waals surface area contributed by atoms with E-state index in [2.05, 4.69) is 15.6 Å². The number of thiophene rings is 1. The molecular weight excluding hydrogens is 284 g/mol. The zero-order valence-corrected chi connectivity index (χ0v) is 13.3.